The van der Waals surface area contributed by atoms with Crippen molar-refractivity contribution in [3.8, 4) is 5.69 Å². The lowest BCUT2D eigenvalue weighted by atomic mass is 10.2. The first-order valence-electron chi connectivity index (χ1n) is 10.1. The van der Waals surface area contributed by atoms with Gasteiger partial charge in [-0.1, -0.05) is 24.3 Å². The lowest BCUT2D eigenvalue weighted by Gasteiger charge is -2.10. The van der Waals surface area contributed by atoms with Crippen molar-refractivity contribution in [3.63, 3.8) is 0 Å². The Balaban J connectivity index is 1.52. The van der Waals surface area contributed by atoms with Crippen LogP contribution < -0.4 is 10.9 Å². The van der Waals surface area contributed by atoms with Crippen LogP contribution in [0.4, 0.5) is 11.4 Å². The molecular formula is C22H18N6O4. The molecule has 32 heavy (non-hydrogen) atoms. The first kappa shape index (κ1) is 19.6. The van der Waals surface area contributed by atoms with Crippen LogP contribution in [0.5, 0.6) is 0 Å². The number of hydrogen-bond donors (Lipinski definition) is 1. The van der Waals surface area contributed by atoms with E-state index in [1.807, 2.05) is 30.3 Å². The van der Waals surface area contributed by atoms with Crippen molar-refractivity contribution in [3.05, 3.63) is 87.0 Å². The maximum absolute atomic E-state index is 13.3. The second kappa shape index (κ2) is 7.73. The van der Waals surface area contributed by atoms with Crippen molar-refractivity contribution in [1.29, 1.82) is 0 Å². The number of benzene rings is 2. The molecule has 1 amide bonds. The van der Waals surface area contributed by atoms with Crippen molar-refractivity contribution in [2.24, 2.45) is 0 Å². The summed E-state index contributed by atoms with van der Waals surface area (Å²) in [6.07, 6.45) is 3.59. The fourth-order valence-electron chi connectivity index (χ4n) is 3.66. The van der Waals surface area contributed by atoms with Gasteiger partial charge in [0.1, 0.15) is 12.1 Å². The van der Waals surface area contributed by atoms with E-state index in [1.165, 1.54) is 18.2 Å². The summed E-state index contributed by atoms with van der Waals surface area (Å²) in [4.78, 5) is 36.3. The molecule has 160 valence electrons. The molecule has 2 aromatic heterocycles. The lowest BCUT2D eigenvalue weighted by Crippen LogP contribution is -2.31. The Morgan fingerprint density at radius 1 is 1.16 bits per heavy atom. The second-order valence-corrected chi connectivity index (χ2v) is 7.63. The minimum absolute atomic E-state index is 0.137. The van der Waals surface area contributed by atoms with Crippen LogP contribution in [0, 0.1) is 10.1 Å². The van der Waals surface area contributed by atoms with E-state index >= 15 is 0 Å². The van der Waals surface area contributed by atoms with Crippen LogP contribution in [0.3, 0.4) is 0 Å². The topological polar surface area (TPSA) is 125 Å². The Morgan fingerprint density at radius 3 is 2.66 bits per heavy atom. The molecule has 1 aliphatic carbocycles. The van der Waals surface area contributed by atoms with Gasteiger partial charge in [-0.15, -0.1) is 0 Å². The molecule has 1 aliphatic rings. The van der Waals surface area contributed by atoms with Gasteiger partial charge in [0.2, 0.25) is 5.91 Å². The fourth-order valence-corrected chi connectivity index (χ4v) is 3.66. The number of anilines is 1. The minimum Gasteiger partial charge on any atom is -0.324 e. The third-order valence-electron chi connectivity index (χ3n) is 5.31. The Hall–Kier alpha value is -4.34. The van der Waals surface area contributed by atoms with Crippen LogP contribution in [0.1, 0.15) is 24.5 Å². The molecule has 1 fully saturated rings. The molecule has 0 unspecified atom stereocenters. The maximum atomic E-state index is 13.3. The van der Waals surface area contributed by atoms with Gasteiger partial charge in [0, 0.05) is 29.1 Å². The summed E-state index contributed by atoms with van der Waals surface area (Å²) in [6, 6.07) is 14.9. The van der Waals surface area contributed by atoms with E-state index < -0.39 is 16.4 Å². The minimum atomic E-state index is -0.539. The smallest absolute Gasteiger partial charge is 0.293 e. The maximum Gasteiger partial charge on any atom is 0.293 e. The molecule has 2 aromatic carbocycles. The second-order valence-electron chi connectivity index (χ2n) is 7.63. The molecule has 10 heteroatoms. The molecule has 10 nitrogen and oxygen atoms in total. The molecule has 5 rings (SSSR count). The molecule has 0 bridgehead atoms. The van der Waals surface area contributed by atoms with Gasteiger partial charge in [-0.05, 0) is 31.0 Å². The van der Waals surface area contributed by atoms with E-state index in [-0.39, 0.29) is 23.8 Å². The molecule has 0 aliphatic heterocycles. The number of para-hydroxylation sites is 1. The summed E-state index contributed by atoms with van der Waals surface area (Å²) >= 11 is 0. The Kier molecular flexibility index (Phi) is 4.74. The van der Waals surface area contributed by atoms with Gasteiger partial charge in [0.15, 0.2) is 0 Å². The van der Waals surface area contributed by atoms with Gasteiger partial charge in [0.05, 0.1) is 22.5 Å². The number of non-ortho nitro benzene ring substituents is 1. The van der Waals surface area contributed by atoms with Crippen molar-refractivity contribution >= 4 is 28.2 Å². The summed E-state index contributed by atoms with van der Waals surface area (Å²) in [5.41, 5.74) is 1.57. The van der Waals surface area contributed by atoms with Gasteiger partial charge in [-0.25, -0.2) is 9.36 Å². The van der Waals surface area contributed by atoms with Gasteiger partial charge >= 0.3 is 0 Å². The van der Waals surface area contributed by atoms with Gasteiger partial charge < -0.3 is 5.32 Å². The molecule has 2 heterocycles. The summed E-state index contributed by atoms with van der Waals surface area (Å²) in [5.74, 6) is -0.274. The molecule has 1 saturated carbocycles. The lowest BCUT2D eigenvalue weighted by molar-refractivity contribution is -0.384. The molecule has 0 saturated heterocycles. The van der Waals surface area contributed by atoms with Crippen molar-refractivity contribution in [2.75, 3.05) is 5.32 Å². The van der Waals surface area contributed by atoms with Gasteiger partial charge in [-0.2, -0.15) is 10.2 Å². The SMILES string of the molecule is O=C(Cn1nc(C2CC2)c2cnn(-c3ccccc3)c2c1=O)Nc1cccc([N+](=O)[O-])c1. The van der Waals surface area contributed by atoms with Crippen molar-refractivity contribution < 1.29 is 9.72 Å². The molecule has 0 spiro atoms. The summed E-state index contributed by atoms with van der Waals surface area (Å²) in [5, 5.41) is 23.1. The zero-order chi connectivity index (χ0) is 22.2. The monoisotopic (exact) mass is 430 g/mol. The number of nitro groups is 1. The molecule has 1 N–H and O–H groups in total. The van der Waals surface area contributed by atoms with Gasteiger partial charge in [-0.3, -0.25) is 19.7 Å². The normalized spacial score (nSPS) is 13.2. The van der Waals surface area contributed by atoms with E-state index in [0.29, 0.717) is 10.9 Å². The standard InChI is InChI=1S/C22H18N6O4/c29-19(24-15-5-4-8-17(11-15)28(31)32)13-26-22(30)21-18(20(25-26)14-9-10-14)12-23-27(21)16-6-2-1-3-7-16/h1-8,11-12,14H,9-10,13H2,(H,24,29). The zero-order valence-corrected chi connectivity index (χ0v) is 16.8. The van der Waals surface area contributed by atoms with E-state index in [0.717, 1.165) is 28.9 Å². The average Bonchev–Trinajstić information content (AvgIpc) is 3.54. The van der Waals surface area contributed by atoms with Crippen LogP contribution >= 0.6 is 0 Å². The molecule has 0 atom stereocenters. The number of nitro benzene ring substituents is 1. The first-order chi connectivity index (χ1) is 15.5. The van der Waals surface area contributed by atoms with E-state index in [9.17, 15) is 19.7 Å². The third kappa shape index (κ3) is 3.62. The van der Waals surface area contributed by atoms with Crippen molar-refractivity contribution in [2.45, 2.75) is 25.3 Å². The number of fused-ring (bicyclic) bond motifs is 1. The molecule has 4 aromatic rings. The number of carbonyl (C=O) groups is 1. The highest BCUT2D eigenvalue weighted by Crippen LogP contribution is 2.41. The first-order valence-corrected chi connectivity index (χ1v) is 10.1. The number of rotatable bonds is 6. The molecular weight excluding hydrogens is 412 g/mol. The van der Waals surface area contributed by atoms with Crippen molar-refractivity contribution in [1.82, 2.24) is 19.6 Å². The number of nitrogens with one attached hydrogen (secondary N) is 1. The number of aromatic nitrogens is 4. The third-order valence-corrected chi connectivity index (χ3v) is 5.31. The van der Waals surface area contributed by atoms with Crippen LogP contribution in [0.25, 0.3) is 16.6 Å². The summed E-state index contributed by atoms with van der Waals surface area (Å²) in [7, 11) is 0. The average molecular weight is 430 g/mol. The Labute approximate surface area is 181 Å². The highest BCUT2D eigenvalue weighted by molar-refractivity contribution is 5.91. The fraction of sp³-hybridized carbons (Fsp3) is 0.182. The Bertz CT molecular complexity index is 1410. The summed E-state index contributed by atoms with van der Waals surface area (Å²) < 4.78 is 2.71. The highest BCUT2D eigenvalue weighted by atomic mass is 16.6. The Morgan fingerprint density at radius 2 is 1.94 bits per heavy atom. The van der Waals surface area contributed by atoms with Gasteiger partial charge in [0.25, 0.3) is 11.2 Å². The number of carbonyl (C=O) groups excluding carboxylic acids is 1. The number of hydrogen-bond acceptors (Lipinski definition) is 6. The quantitative estimate of drug-likeness (QED) is 0.370. The predicted octanol–water partition coefficient (Wildman–Crippen LogP) is 3.01. The summed E-state index contributed by atoms with van der Waals surface area (Å²) in [6.45, 7) is -0.322. The van der Waals surface area contributed by atoms with Crippen LogP contribution in [0.15, 0.2) is 65.6 Å². The van der Waals surface area contributed by atoms with E-state index in [2.05, 4.69) is 15.5 Å². The number of nitrogens with zero attached hydrogens (tertiary/aromatic N) is 5. The molecule has 0 radical (unpaired) electrons. The van der Waals surface area contributed by atoms with E-state index in [1.54, 1.807) is 16.9 Å². The van der Waals surface area contributed by atoms with Crippen LogP contribution in [-0.2, 0) is 11.3 Å². The van der Waals surface area contributed by atoms with Crippen LogP contribution in [-0.4, -0.2) is 30.4 Å². The van der Waals surface area contributed by atoms with E-state index in [4.69, 9.17) is 0 Å². The predicted molar refractivity (Wildman–Crippen MR) is 117 cm³/mol. The zero-order valence-electron chi connectivity index (χ0n) is 16.8. The largest absolute Gasteiger partial charge is 0.324 e. The number of amides is 1. The highest BCUT2D eigenvalue weighted by Gasteiger charge is 2.30. The van der Waals surface area contributed by atoms with Crippen LogP contribution in [0.2, 0.25) is 0 Å².